The number of esters is 1. The van der Waals surface area contributed by atoms with Crippen molar-refractivity contribution in [2.75, 3.05) is 5.32 Å². The normalized spacial score (nSPS) is 22.1. The Morgan fingerprint density at radius 2 is 1.81 bits per heavy atom. The Kier molecular flexibility index (Phi) is 4.69. The van der Waals surface area contributed by atoms with Crippen LogP contribution < -0.4 is 5.32 Å². The van der Waals surface area contributed by atoms with Crippen LogP contribution >= 0.6 is 0 Å². The van der Waals surface area contributed by atoms with Crippen molar-refractivity contribution in [2.45, 2.75) is 31.3 Å². The molecule has 0 radical (unpaired) electrons. The summed E-state index contributed by atoms with van der Waals surface area (Å²) in [5, 5.41) is 2.74. The highest BCUT2D eigenvalue weighted by Crippen LogP contribution is 2.47. The van der Waals surface area contributed by atoms with E-state index in [0.29, 0.717) is 42.4 Å². The summed E-state index contributed by atoms with van der Waals surface area (Å²) in [6.07, 6.45) is 8.46. The second-order valence-electron chi connectivity index (χ2n) is 7.84. The zero-order valence-corrected chi connectivity index (χ0v) is 16.5. The van der Waals surface area contributed by atoms with Crippen molar-refractivity contribution in [3.63, 3.8) is 0 Å². The quantitative estimate of drug-likeness (QED) is 0.649. The van der Waals surface area contributed by atoms with Gasteiger partial charge in [-0.3, -0.25) is 15.1 Å². The van der Waals surface area contributed by atoms with Gasteiger partial charge in [0, 0.05) is 47.4 Å². The first-order valence-corrected chi connectivity index (χ1v) is 10.1. The first-order valence-electron chi connectivity index (χ1n) is 10.1. The first kappa shape index (κ1) is 19.3. The molecule has 31 heavy (non-hydrogen) atoms. The number of rotatable bonds is 3. The van der Waals surface area contributed by atoms with Gasteiger partial charge in [-0.05, 0) is 37.8 Å². The molecule has 5 rings (SSSR count). The molecule has 3 heterocycles. The van der Waals surface area contributed by atoms with Crippen LogP contribution in [0.1, 0.15) is 41.6 Å². The molecule has 0 atom stereocenters. The molecule has 8 heteroatoms. The summed E-state index contributed by atoms with van der Waals surface area (Å²) in [7, 11) is 0. The number of nitrogens with zero attached hydrogens (tertiary/aromatic N) is 3. The van der Waals surface area contributed by atoms with Crippen LogP contribution in [0.3, 0.4) is 0 Å². The van der Waals surface area contributed by atoms with E-state index in [0.717, 1.165) is 5.56 Å². The van der Waals surface area contributed by atoms with Gasteiger partial charge < -0.3 is 4.74 Å². The van der Waals surface area contributed by atoms with Gasteiger partial charge >= 0.3 is 5.97 Å². The van der Waals surface area contributed by atoms with E-state index in [2.05, 4.69) is 20.3 Å². The van der Waals surface area contributed by atoms with E-state index in [1.165, 1.54) is 24.7 Å². The van der Waals surface area contributed by atoms with Crippen LogP contribution in [0, 0.1) is 11.7 Å². The summed E-state index contributed by atoms with van der Waals surface area (Å²) in [6, 6.07) is 8.20. The largest absolute Gasteiger partial charge is 0.451 e. The number of carbonyl (C=O) groups is 2. The third-order valence-corrected chi connectivity index (χ3v) is 6.06. The van der Waals surface area contributed by atoms with E-state index in [4.69, 9.17) is 4.74 Å². The SMILES string of the molecule is O=C1OC2(CCC(C(=O)Nc3ncc(-c4ccccc4F)cn3)CC2)c2ccncc21. The smallest absolute Gasteiger partial charge is 0.341 e. The van der Waals surface area contributed by atoms with Gasteiger partial charge in [0.05, 0.1) is 5.56 Å². The average molecular weight is 418 g/mol. The summed E-state index contributed by atoms with van der Waals surface area (Å²) in [5.74, 6) is -0.940. The van der Waals surface area contributed by atoms with E-state index in [-0.39, 0.29) is 29.6 Å². The predicted molar refractivity (Wildman–Crippen MR) is 109 cm³/mol. The van der Waals surface area contributed by atoms with Crippen molar-refractivity contribution in [2.24, 2.45) is 5.92 Å². The van der Waals surface area contributed by atoms with Crippen LogP contribution in [0.25, 0.3) is 11.1 Å². The third kappa shape index (κ3) is 3.43. The van der Waals surface area contributed by atoms with Gasteiger partial charge in [0.1, 0.15) is 11.4 Å². The topological polar surface area (TPSA) is 94.1 Å². The average Bonchev–Trinajstić information content (AvgIpc) is 3.07. The number of halogens is 1. The number of fused-ring (bicyclic) bond motifs is 2. The number of hydrogen-bond acceptors (Lipinski definition) is 6. The van der Waals surface area contributed by atoms with E-state index in [9.17, 15) is 14.0 Å². The molecule has 1 N–H and O–H groups in total. The minimum absolute atomic E-state index is 0.173. The monoisotopic (exact) mass is 418 g/mol. The molecule has 1 saturated carbocycles. The summed E-state index contributed by atoms with van der Waals surface area (Å²) in [5.41, 5.74) is 1.64. The van der Waals surface area contributed by atoms with Crippen LogP contribution in [0.4, 0.5) is 10.3 Å². The molecule has 1 aliphatic carbocycles. The number of aromatic nitrogens is 3. The Morgan fingerprint density at radius 1 is 1.06 bits per heavy atom. The summed E-state index contributed by atoms with van der Waals surface area (Å²) < 4.78 is 19.6. The lowest BCUT2D eigenvalue weighted by Crippen LogP contribution is -2.36. The van der Waals surface area contributed by atoms with Crippen molar-refractivity contribution in [1.82, 2.24) is 15.0 Å². The number of carbonyl (C=O) groups excluding carboxylic acids is 2. The standard InChI is InChI=1S/C23H19FN4O3/c24-19-4-2-1-3-16(19)15-11-26-22(27-12-15)28-20(29)14-5-8-23(9-6-14)18-7-10-25-13-17(18)21(30)31-23/h1-4,7,10-14H,5-6,8-9H2,(H,26,27,28,29). The zero-order chi connectivity index (χ0) is 21.4. The minimum atomic E-state index is -0.663. The highest BCUT2D eigenvalue weighted by molar-refractivity contribution is 5.94. The van der Waals surface area contributed by atoms with E-state index in [1.807, 2.05) is 6.07 Å². The molecule has 0 bridgehead atoms. The van der Waals surface area contributed by atoms with Crippen LogP contribution in [-0.4, -0.2) is 26.8 Å². The lowest BCUT2D eigenvalue weighted by Gasteiger charge is -2.35. The van der Waals surface area contributed by atoms with Gasteiger partial charge in [-0.1, -0.05) is 18.2 Å². The molecule has 2 aliphatic rings. The first-order chi connectivity index (χ1) is 15.1. The molecular formula is C23H19FN4O3. The lowest BCUT2D eigenvalue weighted by atomic mass is 9.75. The Labute approximate surface area is 177 Å². The predicted octanol–water partition coefficient (Wildman–Crippen LogP) is 3.87. The second kappa shape index (κ2) is 7.54. The number of benzene rings is 1. The van der Waals surface area contributed by atoms with E-state index >= 15 is 0 Å². The van der Waals surface area contributed by atoms with Crippen LogP contribution in [0.15, 0.2) is 55.1 Å². The fourth-order valence-electron chi connectivity index (χ4n) is 4.40. The molecule has 7 nitrogen and oxygen atoms in total. The maximum atomic E-state index is 13.9. The molecule has 3 aromatic rings. The maximum Gasteiger partial charge on any atom is 0.341 e. The van der Waals surface area contributed by atoms with Gasteiger partial charge in [0.2, 0.25) is 11.9 Å². The molecule has 1 aliphatic heterocycles. The van der Waals surface area contributed by atoms with Gasteiger partial charge in [-0.15, -0.1) is 0 Å². The number of amides is 1. The van der Waals surface area contributed by atoms with Gasteiger partial charge in [-0.25, -0.2) is 19.2 Å². The summed E-state index contributed by atoms with van der Waals surface area (Å²) in [6.45, 7) is 0. The molecule has 1 fully saturated rings. The summed E-state index contributed by atoms with van der Waals surface area (Å²) in [4.78, 5) is 37.2. The maximum absolute atomic E-state index is 13.9. The number of ether oxygens (including phenoxy) is 1. The Hall–Kier alpha value is -3.68. The van der Waals surface area contributed by atoms with E-state index in [1.54, 1.807) is 24.4 Å². The Morgan fingerprint density at radius 3 is 2.55 bits per heavy atom. The lowest BCUT2D eigenvalue weighted by molar-refractivity contribution is -0.122. The van der Waals surface area contributed by atoms with Gasteiger partial charge in [0.15, 0.2) is 0 Å². The van der Waals surface area contributed by atoms with Crippen LogP contribution in [0.2, 0.25) is 0 Å². The van der Waals surface area contributed by atoms with Crippen molar-refractivity contribution < 1.29 is 18.7 Å². The van der Waals surface area contributed by atoms with Crippen LogP contribution in [0.5, 0.6) is 0 Å². The third-order valence-electron chi connectivity index (χ3n) is 6.06. The number of pyridine rings is 1. The van der Waals surface area contributed by atoms with Gasteiger partial charge in [-0.2, -0.15) is 0 Å². The highest BCUT2D eigenvalue weighted by atomic mass is 19.1. The van der Waals surface area contributed by atoms with Crippen molar-refractivity contribution >= 4 is 17.8 Å². The number of nitrogens with one attached hydrogen (secondary N) is 1. The molecule has 2 aromatic heterocycles. The van der Waals surface area contributed by atoms with Crippen molar-refractivity contribution in [1.29, 1.82) is 0 Å². The van der Waals surface area contributed by atoms with Crippen molar-refractivity contribution in [3.05, 3.63) is 72.1 Å². The van der Waals surface area contributed by atoms with E-state index < -0.39 is 5.60 Å². The Balaban J connectivity index is 1.24. The van der Waals surface area contributed by atoms with Gasteiger partial charge in [0.25, 0.3) is 0 Å². The number of anilines is 1. The molecule has 1 aromatic carbocycles. The molecule has 1 amide bonds. The fourth-order valence-corrected chi connectivity index (χ4v) is 4.40. The number of hydrogen-bond donors (Lipinski definition) is 1. The summed E-state index contributed by atoms with van der Waals surface area (Å²) >= 11 is 0. The zero-order valence-electron chi connectivity index (χ0n) is 16.5. The molecule has 0 unspecified atom stereocenters. The highest BCUT2D eigenvalue weighted by Gasteiger charge is 2.48. The molecule has 156 valence electrons. The second-order valence-corrected chi connectivity index (χ2v) is 7.84. The fraction of sp³-hybridized carbons (Fsp3) is 0.261. The van der Waals surface area contributed by atoms with Crippen molar-refractivity contribution in [3.8, 4) is 11.1 Å². The molecule has 1 spiro atoms. The molecule has 0 saturated heterocycles. The molecular weight excluding hydrogens is 399 g/mol. The Bertz CT molecular complexity index is 1160. The minimum Gasteiger partial charge on any atom is -0.451 e. The van der Waals surface area contributed by atoms with Crippen LogP contribution in [-0.2, 0) is 15.1 Å².